The molecule has 2 rings (SSSR count). The minimum Gasteiger partial charge on any atom is -0.356 e. The number of guanidine groups is 1. The topological polar surface area (TPSA) is 39.7 Å². The quantitative estimate of drug-likeness (QED) is 0.648. The molecular formula is C16H25ClN4. The lowest BCUT2D eigenvalue weighted by molar-refractivity contribution is 0.342. The maximum atomic E-state index is 6.16. The van der Waals surface area contributed by atoms with Gasteiger partial charge in [-0.1, -0.05) is 36.7 Å². The lowest BCUT2D eigenvalue weighted by Crippen LogP contribution is -2.40. The zero-order valence-electron chi connectivity index (χ0n) is 12.9. The molecule has 1 aromatic rings. The Morgan fingerprint density at radius 2 is 2.19 bits per heavy atom. The van der Waals surface area contributed by atoms with E-state index in [1.54, 1.807) is 7.05 Å². The van der Waals surface area contributed by atoms with E-state index in [4.69, 9.17) is 11.6 Å². The maximum Gasteiger partial charge on any atom is 0.191 e. The third-order valence-electron chi connectivity index (χ3n) is 4.00. The van der Waals surface area contributed by atoms with Gasteiger partial charge in [-0.3, -0.25) is 4.99 Å². The molecular weight excluding hydrogens is 284 g/mol. The third-order valence-corrected chi connectivity index (χ3v) is 4.37. The Bertz CT molecular complexity index is 475. The molecule has 0 spiro atoms. The van der Waals surface area contributed by atoms with E-state index in [0.29, 0.717) is 12.5 Å². The van der Waals surface area contributed by atoms with Crippen LogP contribution in [0.5, 0.6) is 0 Å². The Morgan fingerprint density at radius 3 is 2.86 bits per heavy atom. The first-order chi connectivity index (χ1) is 10.2. The largest absolute Gasteiger partial charge is 0.356 e. The molecule has 1 aliphatic heterocycles. The van der Waals surface area contributed by atoms with Crippen molar-refractivity contribution < 1.29 is 0 Å². The summed E-state index contributed by atoms with van der Waals surface area (Å²) in [7, 11) is 1.80. The normalized spacial score (nSPS) is 19.8. The van der Waals surface area contributed by atoms with E-state index in [1.165, 1.54) is 19.5 Å². The van der Waals surface area contributed by atoms with Gasteiger partial charge in [0.15, 0.2) is 5.96 Å². The second-order valence-electron chi connectivity index (χ2n) is 5.45. The number of rotatable bonds is 5. The summed E-state index contributed by atoms with van der Waals surface area (Å²) in [6.07, 6.45) is 1.27. The fourth-order valence-electron chi connectivity index (χ4n) is 2.65. The zero-order chi connectivity index (χ0) is 15.1. The van der Waals surface area contributed by atoms with E-state index in [1.807, 2.05) is 24.3 Å². The van der Waals surface area contributed by atoms with Crippen LogP contribution >= 0.6 is 11.6 Å². The molecule has 1 saturated heterocycles. The Balaban J connectivity index is 1.75. The highest BCUT2D eigenvalue weighted by Crippen LogP contribution is 2.15. The van der Waals surface area contributed by atoms with Crippen LogP contribution in [0.15, 0.2) is 29.3 Å². The van der Waals surface area contributed by atoms with Crippen molar-refractivity contribution in [3.8, 4) is 0 Å². The van der Waals surface area contributed by atoms with Crippen molar-refractivity contribution >= 4 is 17.6 Å². The molecule has 21 heavy (non-hydrogen) atoms. The Labute approximate surface area is 132 Å². The van der Waals surface area contributed by atoms with Crippen molar-refractivity contribution in [1.82, 2.24) is 15.5 Å². The highest BCUT2D eigenvalue weighted by Gasteiger charge is 2.20. The minimum absolute atomic E-state index is 0.686. The van der Waals surface area contributed by atoms with E-state index in [2.05, 4.69) is 27.4 Å². The molecule has 1 aromatic carbocycles. The van der Waals surface area contributed by atoms with Crippen LogP contribution in [-0.2, 0) is 6.54 Å². The molecule has 1 atom stereocenters. The van der Waals surface area contributed by atoms with Gasteiger partial charge in [0.25, 0.3) is 0 Å². The van der Waals surface area contributed by atoms with Gasteiger partial charge < -0.3 is 15.5 Å². The Kier molecular flexibility index (Phi) is 6.33. The van der Waals surface area contributed by atoms with Crippen molar-refractivity contribution in [1.29, 1.82) is 0 Å². The zero-order valence-corrected chi connectivity index (χ0v) is 13.7. The molecule has 0 amide bonds. The number of aliphatic imine (C=N–C) groups is 1. The van der Waals surface area contributed by atoms with Crippen molar-refractivity contribution in [2.45, 2.75) is 19.9 Å². The number of nitrogens with one attached hydrogen (secondary N) is 2. The van der Waals surface area contributed by atoms with Crippen molar-refractivity contribution in [3.63, 3.8) is 0 Å². The molecule has 0 radical (unpaired) electrons. The predicted octanol–water partition coefficient (Wildman–Crippen LogP) is 2.35. The monoisotopic (exact) mass is 308 g/mol. The van der Waals surface area contributed by atoms with Gasteiger partial charge in [-0.15, -0.1) is 0 Å². The minimum atomic E-state index is 0.686. The summed E-state index contributed by atoms with van der Waals surface area (Å²) in [6.45, 7) is 7.43. The van der Waals surface area contributed by atoms with Crippen LogP contribution in [0.25, 0.3) is 0 Å². The van der Waals surface area contributed by atoms with Gasteiger partial charge >= 0.3 is 0 Å². The van der Waals surface area contributed by atoms with Crippen LogP contribution in [0.4, 0.5) is 0 Å². The van der Waals surface area contributed by atoms with Gasteiger partial charge in [-0.25, -0.2) is 0 Å². The molecule has 1 aliphatic rings. The maximum absolute atomic E-state index is 6.16. The number of halogens is 1. The average molecular weight is 309 g/mol. The van der Waals surface area contributed by atoms with Gasteiger partial charge in [0.2, 0.25) is 0 Å². The number of hydrogen-bond donors (Lipinski definition) is 2. The van der Waals surface area contributed by atoms with Crippen LogP contribution in [0.2, 0.25) is 5.02 Å². The summed E-state index contributed by atoms with van der Waals surface area (Å²) in [6, 6.07) is 7.88. The highest BCUT2D eigenvalue weighted by molar-refractivity contribution is 6.31. The van der Waals surface area contributed by atoms with Crippen molar-refractivity contribution in [3.05, 3.63) is 34.9 Å². The van der Waals surface area contributed by atoms with Crippen molar-refractivity contribution in [2.75, 3.05) is 33.2 Å². The van der Waals surface area contributed by atoms with Gasteiger partial charge in [-0.2, -0.15) is 0 Å². The van der Waals surface area contributed by atoms with E-state index in [0.717, 1.165) is 29.6 Å². The molecule has 0 bridgehead atoms. The van der Waals surface area contributed by atoms with Crippen LogP contribution in [-0.4, -0.2) is 44.1 Å². The van der Waals surface area contributed by atoms with Gasteiger partial charge in [-0.05, 0) is 37.1 Å². The third kappa shape index (κ3) is 4.90. The fourth-order valence-corrected chi connectivity index (χ4v) is 2.85. The van der Waals surface area contributed by atoms with E-state index in [9.17, 15) is 0 Å². The van der Waals surface area contributed by atoms with E-state index >= 15 is 0 Å². The number of hydrogen-bond acceptors (Lipinski definition) is 2. The molecule has 0 aromatic heterocycles. The van der Waals surface area contributed by atoms with Gasteiger partial charge in [0.05, 0.1) is 0 Å². The lowest BCUT2D eigenvalue weighted by atomic mass is 10.1. The SMILES string of the molecule is CCN1CCC(CNC(=NC)NCc2ccccc2Cl)C1. The lowest BCUT2D eigenvalue weighted by Gasteiger charge is -2.16. The first-order valence-corrected chi connectivity index (χ1v) is 8.01. The molecule has 5 heteroatoms. The molecule has 0 saturated carbocycles. The Morgan fingerprint density at radius 1 is 1.38 bits per heavy atom. The first kappa shape index (κ1) is 16.1. The van der Waals surface area contributed by atoms with E-state index in [-0.39, 0.29) is 0 Å². The van der Waals surface area contributed by atoms with Crippen LogP contribution in [0.1, 0.15) is 18.9 Å². The second-order valence-corrected chi connectivity index (χ2v) is 5.85. The number of nitrogens with zero attached hydrogens (tertiary/aromatic N) is 2. The summed E-state index contributed by atoms with van der Waals surface area (Å²) < 4.78 is 0. The van der Waals surface area contributed by atoms with Crippen molar-refractivity contribution in [2.24, 2.45) is 10.9 Å². The molecule has 1 fully saturated rings. The van der Waals surface area contributed by atoms with Gasteiger partial charge in [0.1, 0.15) is 0 Å². The molecule has 1 unspecified atom stereocenters. The van der Waals surface area contributed by atoms with Crippen LogP contribution in [0.3, 0.4) is 0 Å². The Hall–Kier alpha value is -1.26. The van der Waals surface area contributed by atoms with Crippen LogP contribution in [0, 0.1) is 5.92 Å². The molecule has 116 valence electrons. The summed E-state index contributed by atoms with van der Waals surface area (Å²) in [5.41, 5.74) is 1.08. The highest BCUT2D eigenvalue weighted by atomic mass is 35.5. The molecule has 0 aliphatic carbocycles. The van der Waals surface area contributed by atoms with E-state index < -0.39 is 0 Å². The second kappa shape index (κ2) is 8.25. The first-order valence-electron chi connectivity index (χ1n) is 7.63. The predicted molar refractivity (Wildman–Crippen MR) is 89.9 cm³/mol. The number of likely N-dealkylation sites (tertiary alicyclic amines) is 1. The molecule has 4 nitrogen and oxygen atoms in total. The summed E-state index contributed by atoms with van der Waals surface area (Å²) in [5, 5.41) is 7.52. The number of benzene rings is 1. The summed E-state index contributed by atoms with van der Waals surface area (Å²) in [4.78, 5) is 6.76. The van der Waals surface area contributed by atoms with Crippen LogP contribution < -0.4 is 10.6 Å². The summed E-state index contributed by atoms with van der Waals surface area (Å²) >= 11 is 6.16. The summed E-state index contributed by atoms with van der Waals surface area (Å²) in [5.74, 6) is 1.55. The smallest absolute Gasteiger partial charge is 0.191 e. The molecule has 1 heterocycles. The molecule has 2 N–H and O–H groups in total. The standard InChI is InChI=1S/C16H25ClN4/c1-3-21-9-8-13(12-21)10-19-16(18-2)20-11-14-6-4-5-7-15(14)17/h4-7,13H,3,8-12H2,1-2H3,(H2,18,19,20). The van der Waals surface area contributed by atoms with Gasteiger partial charge in [0, 0.05) is 31.7 Å². The average Bonchev–Trinajstić information content (AvgIpc) is 2.97. The fraction of sp³-hybridized carbons (Fsp3) is 0.562.